The molecule has 0 atom stereocenters. The Hall–Kier alpha value is -1.93. The van der Waals surface area contributed by atoms with E-state index in [2.05, 4.69) is 0 Å². The molecule has 0 aromatic heterocycles. The third-order valence-corrected chi connectivity index (χ3v) is 3.93. The van der Waals surface area contributed by atoms with Gasteiger partial charge in [0.2, 0.25) is 0 Å². The number of carboxylic acids is 2. The van der Waals surface area contributed by atoms with Crippen LogP contribution >= 0.6 is 0 Å². The van der Waals surface area contributed by atoms with Crippen LogP contribution in [-0.4, -0.2) is 35.1 Å². The highest BCUT2D eigenvalue weighted by molar-refractivity contribution is 7.85. The van der Waals surface area contributed by atoms with Crippen LogP contribution < -0.4 is 0 Å². The molecule has 8 heteroatoms. The first-order valence-corrected chi connectivity index (χ1v) is 7.65. The van der Waals surface area contributed by atoms with E-state index in [1.807, 2.05) is 0 Å². The quantitative estimate of drug-likeness (QED) is 0.623. The molecule has 1 aromatic rings. The van der Waals surface area contributed by atoms with Crippen LogP contribution in [-0.2, 0) is 19.7 Å². The van der Waals surface area contributed by atoms with Crippen molar-refractivity contribution < 1.29 is 32.8 Å². The molecule has 0 aliphatic rings. The van der Waals surface area contributed by atoms with Crippen molar-refractivity contribution >= 4 is 22.1 Å². The summed E-state index contributed by atoms with van der Waals surface area (Å²) in [4.78, 5) is 21.0. The van der Waals surface area contributed by atoms with Crippen molar-refractivity contribution in [1.29, 1.82) is 0 Å². The first-order chi connectivity index (χ1) is 9.70. The topological polar surface area (TPSA) is 129 Å². The molecular weight excluding hydrogens is 300 g/mol. The first kappa shape index (κ1) is 17.1. The molecule has 0 amide bonds. The minimum absolute atomic E-state index is 0.107. The van der Waals surface area contributed by atoms with Crippen molar-refractivity contribution in [2.45, 2.75) is 36.5 Å². The lowest BCUT2D eigenvalue weighted by atomic mass is 9.90. The number of hydrogen-bond donors (Lipinski definition) is 3. The minimum atomic E-state index is -4.28. The van der Waals surface area contributed by atoms with E-state index in [-0.39, 0.29) is 36.5 Å². The van der Waals surface area contributed by atoms with Gasteiger partial charge in [-0.05, 0) is 36.5 Å². The third-order valence-electron chi connectivity index (χ3n) is 3.06. The van der Waals surface area contributed by atoms with Gasteiger partial charge in [0.05, 0.1) is 4.90 Å². The number of aliphatic carboxylic acids is 2. The summed E-state index contributed by atoms with van der Waals surface area (Å²) in [7, 11) is -4.28. The zero-order valence-corrected chi connectivity index (χ0v) is 11.9. The molecular formula is C13H16O7S. The maximum Gasteiger partial charge on any atom is 0.303 e. The monoisotopic (exact) mass is 316 g/mol. The van der Waals surface area contributed by atoms with Crippen molar-refractivity contribution in [3.8, 4) is 0 Å². The molecule has 0 saturated carbocycles. The standard InChI is InChI=1S/C13H16O7S/c14-12(15)7-3-10(4-8-13(16)17)9-1-5-11(6-2-9)21(18,19)20/h1-2,5-6,10H,3-4,7-8H2,(H,14,15)(H,16,17)(H,18,19,20). The van der Waals surface area contributed by atoms with Gasteiger partial charge >= 0.3 is 11.9 Å². The molecule has 0 aliphatic heterocycles. The summed E-state index contributed by atoms with van der Waals surface area (Å²) >= 11 is 0. The number of hydrogen-bond acceptors (Lipinski definition) is 4. The Morgan fingerprint density at radius 3 is 1.71 bits per heavy atom. The molecule has 0 heterocycles. The summed E-state index contributed by atoms with van der Waals surface area (Å²) in [5.41, 5.74) is 0.643. The highest BCUT2D eigenvalue weighted by atomic mass is 32.2. The highest BCUT2D eigenvalue weighted by Gasteiger charge is 2.16. The van der Waals surface area contributed by atoms with E-state index in [1.54, 1.807) is 0 Å². The fraction of sp³-hybridized carbons (Fsp3) is 0.385. The van der Waals surface area contributed by atoms with Crippen molar-refractivity contribution in [1.82, 2.24) is 0 Å². The zero-order valence-electron chi connectivity index (χ0n) is 11.1. The molecule has 0 spiro atoms. The lowest BCUT2D eigenvalue weighted by Gasteiger charge is -2.15. The van der Waals surface area contributed by atoms with Crippen molar-refractivity contribution in [3.05, 3.63) is 29.8 Å². The van der Waals surface area contributed by atoms with Crippen LogP contribution in [0.1, 0.15) is 37.2 Å². The van der Waals surface area contributed by atoms with Gasteiger partial charge in [-0.15, -0.1) is 0 Å². The first-order valence-electron chi connectivity index (χ1n) is 6.21. The summed E-state index contributed by atoms with van der Waals surface area (Å²) in [6, 6.07) is 5.33. The van der Waals surface area contributed by atoms with Crippen LogP contribution in [0.3, 0.4) is 0 Å². The predicted molar refractivity (Wildman–Crippen MR) is 72.7 cm³/mol. The molecule has 116 valence electrons. The fourth-order valence-corrected chi connectivity index (χ4v) is 2.47. The second-order valence-electron chi connectivity index (χ2n) is 4.61. The molecule has 0 fully saturated rings. The average Bonchev–Trinajstić information content (AvgIpc) is 2.37. The average molecular weight is 316 g/mol. The Morgan fingerprint density at radius 2 is 1.38 bits per heavy atom. The second kappa shape index (κ2) is 7.19. The summed E-state index contributed by atoms with van der Waals surface area (Å²) in [6.45, 7) is 0. The van der Waals surface area contributed by atoms with E-state index < -0.39 is 22.1 Å². The maximum atomic E-state index is 10.9. The van der Waals surface area contributed by atoms with Gasteiger partial charge < -0.3 is 10.2 Å². The maximum absolute atomic E-state index is 10.9. The van der Waals surface area contributed by atoms with E-state index in [0.29, 0.717) is 5.56 Å². The predicted octanol–water partition coefficient (Wildman–Crippen LogP) is 1.75. The normalized spacial score (nSPS) is 11.5. The summed E-state index contributed by atoms with van der Waals surface area (Å²) in [6.07, 6.45) is 0.302. The van der Waals surface area contributed by atoms with Crippen LogP contribution in [0.15, 0.2) is 29.2 Å². The van der Waals surface area contributed by atoms with Gasteiger partial charge in [-0.2, -0.15) is 8.42 Å². The van der Waals surface area contributed by atoms with Gasteiger partial charge in [-0.3, -0.25) is 14.1 Å². The molecule has 1 rings (SSSR count). The highest BCUT2D eigenvalue weighted by Crippen LogP contribution is 2.27. The van der Waals surface area contributed by atoms with Crippen LogP contribution in [0.4, 0.5) is 0 Å². The van der Waals surface area contributed by atoms with Crippen molar-refractivity contribution in [3.63, 3.8) is 0 Å². The molecule has 0 aliphatic carbocycles. The van der Waals surface area contributed by atoms with Gasteiger partial charge in [0, 0.05) is 12.8 Å². The van der Waals surface area contributed by atoms with Crippen LogP contribution in [0.2, 0.25) is 0 Å². The molecule has 3 N–H and O–H groups in total. The number of benzene rings is 1. The Labute approximate surface area is 122 Å². The summed E-state index contributed by atoms with van der Waals surface area (Å²) in [5, 5.41) is 17.4. The van der Waals surface area contributed by atoms with Gasteiger partial charge in [-0.1, -0.05) is 12.1 Å². The van der Waals surface area contributed by atoms with Crippen molar-refractivity contribution in [2.75, 3.05) is 0 Å². The van der Waals surface area contributed by atoms with Crippen LogP contribution in [0.5, 0.6) is 0 Å². The van der Waals surface area contributed by atoms with E-state index in [9.17, 15) is 18.0 Å². The van der Waals surface area contributed by atoms with Gasteiger partial charge in [-0.25, -0.2) is 0 Å². The summed E-state index contributed by atoms with van der Waals surface area (Å²) in [5.74, 6) is -2.26. The Morgan fingerprint density at radius 1 is 0.952 bits per heavy atom. The molecule has 0 saturated heterocycles. The Bertz CT molecular complexity index is 586. The number of carboxylic acid groups (broad SMARTS) is 2. The van der Waals surface area contributed by atoms with Crippen molar-refractivity contribution in [2.24, 2.45) is 0 Å². The number of carbonyl (C=O) groups is 2. The Balaban J connectivity index is 2.90. The van der Waals surface area contributed by atoms with E-state index in [0.717, 1.165) is 0 Å². The van der Waals surface area contributed by atoms with Gasteiger partial charge in [0.15, 0.2) is 0 Å². The van der Waals surface area contributed by atoms with Gasteiger partial charge in [0.1, 0.15) is 0 Å². The second-order valence-corrected chi connectivity index (χ2v) is 6.03. The zero-order chi connectivity index (χ0) is 16.0. The van der Waals surface area contributed by atoms with E-state index in [4.69, 9.17) is 14.8 Å². The Kier molecular flexibility index (Phi) is 5.86. The molecule has 0 radical (unpaired) electrons. The molecule has 21 heavy (non-hydrogen) atoms. The van der Waals surface area contributed by atoms with Gasteiger partial charge in [0.25, 0.3) is 10.1 Å². The molecule has 0 unspecified atom stereocenters. The smallest absolute Gasteiger partial charge is 0.303 e. The molecule has 1 aromatic carbocycles. The minimum Gasteiger partial charge on any atom is -0.481 e. The third kappa shape index (κ3) is 5.92. The van der Waals surface area contributed by atoms with Crippen LogP contribution in [0, 0.1) is 0 Å². The summed E-state index contributed by atoms with van der Waals surface area (Å²) < 4.78 is 30.8. The molecule has 0 bridgehead atoms. The van der Waals surface area contributed by atoms with Crippen LogP contribution in [0.25, 0.3) is 0 Å². The fourth-order valence-electron chi connectivity index (χ4n) is 1.99. The molecule has 7 nitrogen and oxygen atoms in total. The number of rotatable bonds is 8. The lowest BCUT2D eigenvalue weighted by molar-refractivity contribution is -0.137. The SMILES string of the molecule is O=C(O)CCC(CCC(=O)O)c1ccc(S(=O)(=O)O)cc1. The van der Waals surface area contributed by atoms with E-state index in [1.165, 1.54) is 24.3 Å². The largest absolute Gasteiger partial charge is 0.481 e. The van der Waals surface area contributed by atoms with E-state index >= 15 is 0 Å². The lowest BCUT2D eigenvalue weighted by Crippen LogP contribution is -2.07.